The predicted octanol–water partition coefficient (Wildman–Crippen LogP) is 1.44. The highest BCUT2D eigenvalue weighted by molar-refractivity contribution is 7.86. The van der Waals surface area contributed by atoms with Crippen molar-refractivity contribution in [1.82, 2.24) is 18.7 Å². The van der Waals surface area contributed by atoms with Crippen LogP contribution in [0.15, 0.2) is 10.6 Å². The fraction of sp³-hybridized carbons (Fsp3) is 0.778. The van der Waals surface area contributed by atoms with Gasteiger partial charge in [-0.15, -0.1) is 0 Å². The first kappa shape index (κ1) is 21.2. The molecule has 1 saturated carbocycles. The minimum atomic E-state index is -3.41. The zero-order valence-electron chi connectivity index (χ0n) is 16.8. The van der Waals surface area contributed by atoms with Gasteiger partial charge in [-0.3, -0.25) is 4.79 Å². The van der Waals surface area contributed by atoms with Crippen LogP contribution in [0.25, 0.3) is 0 Å². The summed E-state index contributed by atoms with van der Waals surface area (Å²) in [6.07, 6.45) is 5.65. The number of aryl methyl sites for hydroxylation is 1. The molecule has 2 fully saturated rings. The number of piperazine rings is 1. The van der Waals surface area contributed by atoms with Crippen molar-refractivity contribution >= 4 is 21.9 Å². The molecule has 158 valence electrons. The summed E-state index contributed by atoms with van der Waals surface area (Å²) >= 11 is 0. The molecule has 1 aliphatic heterocycles. The van der Waals surface area contributed by atoms with Crippen LogP contribution in [0, 0.1) is 6.92 Å². The number of nitrogens with one attached hydrogen (secondary N) is 1. The highest BCUT2D eigenvalue weighted by atomic mass is 32.2. The van der Waals surface area contributed by atoms with Crippen molar-refractivity contribution in [2.24, 2.45) is 0 Å². The molecule has 2 aliphatic rings. The molecule has 0 atom stereocenters. The Bertz CT molecular complexity index is 752. The maximum atomic E-state index is 12.9. The first-order valence-corrected chi connectivity index (χ1v) is 11.4. The summed E-state index contributed by atoms with van der Waals surface area (Å²) in [6.45, 7) is 4.55. The van der Waals surface area contributed by atoms with Gasteiger partial charge in [0.2, 0.25) is 5.91 Å². The van der Waals surface area contributed by atoms with Gasteiger partial charge in [0, 0.05) is 58.3 Å². The minimum Gasteiger partial charge on any atom is -0.360 e. The Labute approximate surface area is 167 Å². The van der Waals surface area contributed by atoms with E-state index in [4.69, 9.17) is 4.52 Å². The number of aromatic nitrogens is 1. The Morgan fingerprint density at radius 3 is 2.54 bits per heavy atom. The Morgan fingerprint density at radius 1 is 1.25 bits per heavy atom. The average Bonchev–Trinajstić information content (AvgIpc) is 3.11. The molecule has 1 saturated heterocycles. The van der Waals surface area contributed by atoms with Gasteiger partial charge in [0.15, 0.2) is 5.82 Å². The molecule has 3 rings (SSSR count). The molecule has 1 aromatic rings. The lowest BCUT2D eigenvalue weighted by Crippen LogP contribution is -2.54. The summed E-state index contributed by atoms with van der Waals surface area (Å²) in [4.78, 5) is 14.1. The highest BCUT2D eigenvalue weighted by Crippen LogP contribution is 2.25. The molecule has 0 radical (unpaired) electrons. The third kappa shape index (κ3) is 5.31. The molecule has 1 aliphatic carbocycles. The second-order valence-corrected chi connectivity index (χ2v) is 9.67. The summed E-state index contributed by atoms with van der Waals surface area (Å²) < 4.78 is 33.9. The molecule has 0 aromatic carbocycles. The van der Waals surface area contributed by atoms with Gasteiger partial charge in [-0.1, -0.05) is 24.4 Å². The normalized spacial score (nSPS) is 20.5. The zero-order valence-corrected chi connectivity index (χ0v) is 17.6. The van der Waals surface area contributed by atoms with Crippen LogP contribution in [0.2, 0.25) is 0 Å². The summed E-state index contributed by atoms with van der Waals surface area (Å²) in [6, 6.07) is 1.80. The van der Waals surface area contributed by atoms with Gasteiger partial charge in [-0.25, -0.2) is 0 Å². The van der Waals surface area contributed by atoms with E-state index in [9.17, 15) is 13.2 Å². The van der Waals surface area contributed by atoms with Crippen molar-refractivity contribution in [3.05, 3.63) is 11.8 Å². The Morgan fingerprint density at radius 2 is 1.93 bits per heavy atom. The second kappa shape index (κ2) is 9.34. The summed E-state index contributed by atoms with van der Waals surface area (Å²) in [5.74, 6) is 0.940. The van der Waals surface area contributed by atoms with E-state index in [1.165, 1.54) is 6.42 Å². The van der Waals surface area contributed by atoms with E-state index in [2.05, 4.69) is 15.4 Å². The van der Waals surface area contributed by atoms with E-state index in [0.29, 0.717) is 50.7 Å². The van der Waals surface area contributed by atoms with E-state index in [0.717, 1.165) is 25.7 Å². The van der Waals surface area contributed by atoms with Crippen LogP contribution < -0.4 is 5.32 Å². The van der Waals surface area contributed by atoms with Gasteiger partial charge >= 0.3 is 0 Å². The molecule has 1 amide bonds. The first-order chi connectivity index (χ1) is 13.4. The van der Waals surface area contributed by atoms with E-state index in [1.807, 2.05) is 0 Å². The largest absolute Gasteiger partial charge is 0.360 e. The van der Waals surface area contributed by atoms with Crippen LogP contribution in [0.1, 0.15) is 44.3 Å². The van der Waals surface area contributed by atoms with Crippen molar-refractivity contribution in [2.45, 2.75) is 51.5 Å². The third-order valence-corrected chi connectivity index (χ3v) is 7.70. The van der Waals surface area contributed by atoms with E-state index in [-0.39, 0.29) is 11.9 Å². The number of anilines is 1. The van der Waals surface area contributed by atoms with Crippen LogP contribution in [0.3, 0.4) is 0 Å². The lowest BCUT2D eigenvalue weighted by molar-refractivity contribution is -0.116. The zero-order chi connectivity index (χ0) is 20.1. The van der Waals surface area contributed by atoms with Crippen molar-refractivity contribution in [3.8, 4) is 0 Å². The standard InChI is InChI=1S/C18H31N5O4S/c1-15-14-17(20-27-15)19-18(24)8-9-22-10-12-23(13-11-22)28(25,26)21(2)16-6-4-3-5-7-16/h14,16H,3-13H2,1-2H3,(H,19,20,24). The van der Waals surface area contributed by atoms with E-state index in [1.54, 1.807) is 28.6 Å². The molecule has 0 spiro atoms. The maximum Gasteiger partial charge on any atom is 0.282 e. The summed E-state index contributed by atoms with van der Waals surface area (Å²) in [5.41, 5.74) is 0. The number of amides is 1. The second-order valence-electron chi connectivity index (χ2n) is 7.68. The van der Waals surface area contributed by atoms with Crippen LogP contribution in [0.4, 0.5) is 5.82 Å². The van der Waals surface area contributed by atoms with Gasteiger partial charge in [0.05, 0.1) is 0 Å². The first-order valence-electron chi connectivity index (χ1n) is 10.0. The molecule has 0 unspecified atom stereocenters. The highest BCUT2D eigenvalue weighted by Gasteiger charge is 2.34. The number of hydrogen-bond donors (Lipinski definition) is 1. The number of carbonyl (C=O) groups excluding carboxylic acids is 1. The SMILES string of the molecule is Cc1cc(NC(=O)CCN2CCN(S(=O)(=O)N(C)C3CCCCC3)CC2)no1. The topological polar surface area (TPSA) is 99.0 Å². The van der Waals surface area contributed by atoms with Crippen LogP contribution >= 0.6 is 0 Å². The molecular formula is C18H31N5O4S. The van der Waals surface area contributed by atoms with Gasteiger partial charge in [-0.2, -0.15) is 17.0 Å². The van der Waals surface area contributed by atoms with Gasteiger partial charge in [-0.05, 0) is 19.8 Å². The van der Waals surface area contributed by atoms with Gasteiger partial charge in [0.25, 0.3) is 10.2 Å². The number of nitrogens with zero attached hydrogens (tertiary/aromatic N) is 4. The minimum absolute atomic E-state index is 0.125. The quantitative estimate of drug-likeness (QED) is 0.726. The van der Waals surface area contributed by atoms with E-state index < -0.39 is 10.2 Å². The molecule has 0 bridgehead atoms. The summed E-state index contributed by atoms with van der Waals surface area (Å²) in [5, 5.41) is 6.45. The molecule has 1 aromatic heterocycles. The van der Waals surface area contributed by atoms with Crippen LogP contribution in [-0.4, -0.2) is 78.8 Å². The Kier molecular flexibility index (Phi) is 7.08. The fourth-order valence-corrected chi connectivity index (χ4v) is 5.47. The van der Waals surface area contributed by atoms with Crippen molar-refractivity contribution in [3.63, 3.8) is 0 Å². The molecule has 10 heteroatoms. The fourth-order valence-electron chi connectivity index (χ4n) is 3.89. The lowest BCUT2D eigenvalue weighted by Gasteiger charge is -2.38. The number of rotatable bonds is 7. The Hall–Kier alpha value is -1.49. The maximum absolute atomic E-state index is 12.9. The third-order valence-electron chi connectivity index (χ3n) is 5.66. The smallest absolute Gasteiger partial charge is 0.282 e. The van der Waals surface area contributed by atoms with Crippen molar-refractivity contribution in [2.75, 3.05) is 45.1 Å². The van der Waals surface area contributed by atoms with Crippen LogP contribution in [0.5, 0.6) is 0 Å². The van der Waals surface area contributed by atoms with Crippen LogP contribution in [-0.2, 0) is 15.0 Å². The van der Waals surface area contributed by atoms with Crippen molar-refractivity contribution < 1.29 is 17.7 Å². The predicted molar refractivity (Wildman–Crippen MR) is 106 cm³/mol. The Balaban J connectivity index is 1.42. The van der Waals surface area contributed by atoms with Gasteiger partial charge < -0.3 is 14.7 Å². The summed E-state index contributed by atoms with van der Waals surface area (Å²) in [7, 11) is -1.70. The molecule has 2 heterocycles. The monoisotopic (exact) mass is 413 g/mol. The molecule has 28 heavy (non-hydrogen) atoms. The van der Waals surface area contributed by atoms with Crippen molar-refractivity contribution in [1.29, 1.82) is 0 Å². The number of carbonyl (C=O) groups is 1. The van der Waals surface area contributed by atoms with E-state index >= 15 is 0 Å². The van der Waals surface area contributed by atoms with Gasteiger partial charge in [0.1, 0.15) is 5.76 Å². The number of hydrogen-bond acceptors (Lipinski definition) is 6. The lowest BCUT2D eigenvalue weighted by atomic mass is 9.96. The molecule has 9 nitrogen and oxygen atoms in total. The molecule has 1 N–H and O–H groups in total. The molecular weight excluding hydrogens is 382 g/mol. The average molecular weight is 414 g/mol.